The molecule has 2 rings (SSSR count). The van der Waals surface area contributed by atoms with Crippen molar-refractivity contribution in [1.29, 1.82) is 0 Å². The van der Waals surface area contributed by atoms with Gasteiger partial charge in [0.15, 0.2) is 0 Å². The number of aromatic nitrogens is 3. The lowest BCUT2D eigenvalue weighted by molar-refractivity contribution is 0.126. The van der Waals surface area contributed by atoms with E-state index >= 15 is 0 Å². The Morgan fingerprint density at radius 3 is 2.76 bits per heavy atom. The van der Waals surface area contributed by atoms with Gasteiger partial charge in [0.25, 0.3) is 0 Å². The minimum absolute atomic E-state index is 0.423. The van der Waals surface area contributed by atoms with Gasteiger partial charge in [-0.3, -0.25) is 4.68 Å². The van der Waals surface area contributed by atoms with Gasteiger partial charge in [-0.15, -0.1) is 0 Å². The maximum absolute atomic E-state index is 4.43. The molecule has 0 radical (unpaired) electrons. The van der Waals surface area contributed by atoms with E-state index in [0.29, 0.717) is 5.41 Å². The van der Waals surface area contributed by atoms with Gasteiger partial charge < -0.3 is 5.32 Å². The summed E-state index contributed by atoms with van der Waals surface area (Å²) in [6, 6.07) is 0. The summed E-state index contributed by atoms with van der Waals surface area (Å²) < 4.78 is 2.07. The van der Waals surface area contributed by atoms with Crippen molar-refractivity contribution >= 4 is 0 Å². The fourth-order valence-electron chi connectivity index (χ4n) is 2.85. The number of rotatable bonds is 6. The van der Waals surface area contributed by atoms with Crippen LogP contribution in [-0.4, -0.2) is 27.9 Å². The molecule has 0 atom stereocenters. The van der Waals surface area contributed by atoms with E-state index in [1.54, 1.807) is 6.33 Å². The fraction of sp³-hybridized carbons (Fsp3) is 0.846. The molecular weight excluding hydrogens is 212 g/mol. The summed E-state index contributed by atoms with van der Waals surface area (Å²) in [6.07, 6.45) is 5.16. The standard InChI is InChI=1S/C13H24N4/c1-4-5-17-12(15-10-16-17)7-13(6-11(2)3)8-14-9-13/h10-11,14H,4-9H2,1-3H3. The van der Waals surface area contributed by atoms with E-state index in [9.17, 15) is 0 Å². The van der Waals surface area contributed by atoms with Crippen LogP contribution in [0.1, 0.15) is 39.4 Å². The van der Waals surface area contributed by atoms with Gasteiger partial charge in [-0.2, -0.15) is 5.10 Å². The van der Waals surface area contributed by atoms with Crippen LogP contribution < -0.4 is 5.32 Å². The van der Waals surface area contributed by atoms with Gasteiger partial charge in [-0.25, -0.2) is 4.98 Å². The summed E-state index contributed by atoms with van der Waals surface area (Å²) in [7, 11) is 0. The molecule has 0 bridgehead atoms. The quantitative estimate of drug-likeness (QED) is 0.820. The van der Waals surface area contributed by atoms with E-state index in [-0.39, 0.29) is 0 Å². The predicted molar refractivity (Wildman–Crippen MR) is 68.8 cm³/mol. The number of hydrogen-bond donors (Lipinski definition) is 1. The molecule has 17 heavy (non-hydrogen) atoms. The van der Waals surface area contributed by atoms with Crippen LogP contribution in [0.15, 0.2) is 6.33 Å². The molecule has 1 aromatic heterocycles. The molecule has 0 aromatic carbocycles. The zero-order chi connectivity index (χ0) is 12.3. The van der Waals surface area contributed by atoms with Crippen LogP contribution in [0.25, 0.3) is 0 Å². The number of nitrogens with zero attached hydrogens (tertiary/aromatic N) is 3. The van der Waals surface area contributed by atoms with Gasteiger partial charge in [0.2, 0.25) is 0 Å². The van der Waals surface area contributed by atoms with Gasteiger partial charge in [-0.1, -0.05) is 20.8 Å². The van der Waals surface area contributed by atoms with Crippen LogP contribution in [0, 0.1) is 11.3 Å². The molecule has 1 aliphatic rings. The summed E-state index contributed by atoms with van der Waals surface area (Å²) >= 11 is 0. The normalized spacial score (nSPS) is 18.4. The third kappa shape index (κ3) is 2.86. The first-order valence-corrected chi connectivity index (χ1v) is 6.72. The highest BCUT2D eigenvalue weighted by Gasteiger charge is 2.38. The molecule has 1 saturated heterocycles. The predicted octanol–water partition coefficient (Wildman–Crippen LogP) is 1.87. The Bertz CT molecular complexity index is 352. The lowest BCUT2D eigenvalue weighted by Gasteiger charge is -2.43. The highest BCUT2D eigenvalue weighted by atomic mass is 15.3. The molecule has 1 aromatic rings. The smallest absolute Gasteiger partial charge is 0.138 e. The lowest BCUT2D eigenvalue weighted by Crippen LogP contribution is -2.55. The molecule has 1 aliphatic heterocycles. The first-order valence-electron chi connectivity index (χ1n) is 6.72. The molecule has 2 heterocycles. The van der Waals surface area contributed by atoms with Crippen LogP contribution in [0.2, 0.25) is 0 Å². The van der Waals surface area contributed by atoms with Crippen LogP contribution in [-0.2, 0) is 13.0 Å². The molecule has 0 unspecified atom stereocenters. The van der Waals surface area contributed by atoms with Gasteiger partial charge in [0.1, 0.15) is 12.2 Å². The molecule has 0 aliphatic carbocycles. The van der Waals surface area contributed by atoms with Gasteiger partial charge in [-0.05, 0) is 18.8 Å². The molecule has 4 nitrogen and oxygen atoms in total. The second-order valence-corrected chi connectivity index (χ2v) is 5.78. The number of nitrogens with one attached hydrogen (secondary N) is 1. The summed E-state index contributed by atoms with van der Waals surface area (Å²) in [6.45, 7) is 10.0. The molecule has 0 amide bonds. The topological polar surface area (TPSA) is 42.7 Å². The molecule has 96 valence electrons. The minimum atomic E-state index is 0.423. The monoisotopic (exact) mass is 236 g/mol. The fourth-order valence-corrected chi connectivity index (χ4v) is 2.85. The minimum Gasteiger partial charge on any atom is -0.316 e. The maximum Gasteiger partial charge on any atom is 0.138 e. The largest absolute Gasteiger partial charge is 0.316 e. The first-order chi connectivity index (χ1) is 8.15. The second-order valence-electron chi connectivity index (χ2n) is 5.78. The van der Waals surface area contributed by atoms with Crippen molar-refractivity contribution in [3.8, 4) is 0 Å². The van der Waals surface area contributed by atoms with Gasteiger partial charge in [0, 0.05) is 31.5 Å². The maximum atomic E-state index is 4.43. The molecule has 4 heteroatoms. The molecular formula is C13H24N4. The van der Waals surface area contributed by atoms with Crippen LogP contribution in [0.3, 0.4) is 0 Å². The second kappa shape index (κ2) is 5.17. The average molecular weight is 236 g/mol. The molecule has 0 saturated carbocycles. The van der Waals surface area contributed by atoms with Crippen molar-refractivity contribution in [2.75, 3.05) is 13.1 Å². The van der Waals surface area contributed by atoms with E-state index in [0.717, 1.165) is 44.2 Å². The summed E-state index contributed by atoms with van der Waals surface area (Å²) in [5.74, 6) is 1.91. The summed E-state index contributed by atoms with van der Waals surface area (Å²) in [5, 5.41) is 7.73. The molecule has 1 fully saturated rings. The Balaban J connectivity index is 2.05. The Kier molecular flexibility index (Phi) is 3.82. The third-order valence-corrected chi connectivity index (χ3v) is 3.51. The van der Waals surface area contributed by atoms with E-state index in [2.05, 4.69) is 40.9 Å². The number of aryl methyl sites for hydroxylation is 1. The average Bonchev–Trinajstić information content (AvgIpc) is 2.62. The summed E-state index contributed by atoms with van der Waals surface area (Å²) in [4.78, 5) is 4.43. The zero-order valence-corrected chi connectivity index (χ0v) is 11.2. The van der Waals surface area contributed by atoms with E-state index in [1.165, 1.54) is 6.42 Å². The van der Waals surface area contributed by atoms with E-state index in [1.807, 2.05) is 0 Å². The SMILES string of the molecule is CCCn1ncnc1CC1(CC(C)C)CNC1. The Hall–Kier alpha value is -0.900. The molecule has 1 N–H and O–H groups in total. The zero-order valence-electron chi connectivity index (χ0n) is 11.2. The molecule has 0 spiro atoms. The third-order valence-electron chi connectivity index (χ3n) is 3.51. The highest BCUT2D eigenvalue weighted by Crippen LogP contribution is 2.34. The Morgan fingerprint density at radius 1 is 1.47 bits per heavy atom. The van der Waals surface area contributed by atoms with Crippen molar-refractivity contribution in [2.24, 2.45) is 11.3 Å². The van der Waals surface area contributed by atoms with Crippen LogP contribution >= 0.6 is 0 Å². The first kappa shape index (κ1) is 12.6. The highest BCUT2D eigenvalue weighted by molar-refractivity contribution is 5.01. The van der Waals surface area contributed by atoms with Gasteiger partial charge in [0.05, 0.1) is 0 Å². The van der Waals surface area contributed by atoms with Crippen molar-refractivity contribution < 1.29 is 0 Å². The van der Waals surface area contributed by atoms with Crippen molar-refractivity contribution in [3.63, 3.8) is 0 Å². The van der Waals surface area contributed by atoms with Crippen LogP contribution in [0.4, 0.5) is 0 Å². The summed E-state index contributed by atoms with van der Waals surface area (Å²) in [5.41, 5.74) is 0.423. The van der Waals surface area contributed by atoms with Crippen molar-refractivity contribution in [1.82, 2.24) is 20.1 Å². The van der Waals surface area contributed by atoms with Crippen molar-refractivity contribution in [2.45, 2.75) is 46.6 Å². The van der Waals surface area contributed by atoms with Gasteiger partial charge >= 0.3 is 0 Å². The lowest BCUT2D eigenvalue weighted by atomic mass is 9.72. The van der Waals surface area contributed by atoms with Crippen LogP contribution in [0.5, 0.6) is 0 Å². The van der Waals surface area contributed by atoms with Crippen molar-refractivity contribution in [3.05, 3.63) is 12.2 Å². The number of hydrogen-bond acceptors (Lipinski definition) is 3. The Labute approximate surface area is 104 Å². The van der Waals surface area contributed by atoms with E-state index < -0.39 is 0 Å². The Morgan fingerprint density at radius 2 is 2.24 bits per heavy atom. The van der Waals surface area contributed by atoms with E-state index in [4.69, 9.17) is 0 Å².